The van der Waals surface area contributed by atoms with E-state index in [-0.39, 0.29) is 0 Å². The number of nitrogens with zero attached hydrogens (tertiary/aromatic N) is 1. The zero-order valence-electron chi connectivity index (χ0n) is 6.09. The largest absolute Gasteiger partial charge is 0.308 e. The van der Waals surface area contributed by atoms with Gasteiger partial charge in [-0.25, -0.2) is 0 Å². The van der Waals surface area contributed by atoms with Gasteiger partial charge >= 0.3 is 0 Å². The van der Waals surface area contributed by atoms with E-state index >= 15 is 0 Å². The summed E-state index contributed by atoms with van der Waals surface area (Å²) >= 11 is 0. The van der Waals surface area contributed by atoms with E-state index in [4.69, 9.17) is 0 Å². The van der Waals surface area contributed by atoms with Crippen molar-refractivity contribution < 1.29 is 0 Å². The summed E-state index contributed by atoms with van der Waals surface area (Å²) in [6.07, 6.45) is 1.41. The monoisotopic (exact) mass is 126 g/mol. The summed E-state index contributed by atoms with van der Waals surface area (Å²) < 4.78 is 0. The third-order valence-corrected chi connectivity index (χ3v) is 2.77. The van der Waals surface area contributed by atoms with Crippen LogP contribution in [0.5, 0.6) is 0 Å². The molecule has 3 heterocycles. The average Bonchev–Trinajstić information content (AvgIpc) is 1.72. The van der Waals surface area contributed by atoms with Crippen molar-refractivity contribution in [3.8, 4) is 0 Å². The van der Waals surface area contributed by atoms with Crippen molar-refractivity contribution in [2.24, 2.45) is 0 Å². The fourth-order valence-corrected chi connectivity index (χ4v) is 1.87. The molecular formula is C7H14N2. The maximum atomic E-state index is 3.52. The van der Waals surface area contributed by atoms with Crippen molar-refractivity contribution in [1.82, 2.24) is 10.2 Å². The Labute approximate surface area is 56.2 Å². The molecule has 0 aromatic rings. The minimum Gasteiger partial charge on any atom is -0.308 e. The molecule has 0 aromatic carbocycles. The molecular weight excluding hydrogens is 112 g/mol. The van der Waals surface area contributed by atoms with Gasteiger partial charge in [0.05, 0.1) is 0 Å². The van der Waals surface area contributed by atoms with Gasteiger partial charge in [-0.3, -0.25) is 0 Å². The van der Waals surface area contributed by atoms with E-state index in [0.29, 0.717) is 0 Å². The molecule has 3 fully saturated rings. The number of fused-ring (bicyclic) bond motifs is 2. The first kappa shape index (κ1) is 5.69. The number of nitrogens with one attached hydrogen (secondary N) is 1. The van der Waals surface area contributed by atoms with Crippen LogP contribution in [0.3, 0.4) is 0 Å². The Morgan fingerprint density at radius 3 is 2.56 bits per heavy atom. The molecule has 3 atom stereocenters. The van der Waals surface area contributed by atoms with Gasteiger partial charge in [0, 0.05) is 24.7 Å². The maximum absolute atomic E-state index is 3.52. The lowest BCUT2D eigenvalue weighted by atomic mass is 9.86. The smallest absolute Gasteiger partial charge is 0.0239 e. The van der Waals surface area contributed by atoms with E-state index < -0.39 is 0 Å². The standard InChI is InChI=1S/C7H14N2/c1-5-7-3-6(8-7)4-9(5)2/h5-8H,3-4H2,1-2H3. The van der Waals surface area contributed by atoms with Crippen molar-refractivity contribution in [2.45, 2.75) is 31.5 Å². The number of likely N-dealkylation sites (N-methyl/N-ethyl adjacent to an activating group) is 1. The SMILES string of the molecule is CC1C2CC(CN1C)N2. The highest BCUT2D eigenvalue weighted by molar-refractivity contribution is 5.01. The molecule has 3 aliphatic heterocycles. The lowest BCUT2D eigenvalue weighted by molar-refractivity contribution is 0.0454. The van der Waals surface area contributed by atoms with Gasteiger partial charge in [-0.15, -0.1) is 0 Å². The van der Waals surface area contributed by atoms with Gasteiger partial charge < -0.3 is 10.2 Å². The van der Waals surface area contributed by atoms with Gasteiger partial charge in [0.25, 0.3) is 0 Å². The molecule has 3 rings (SSSR count). The quantitative estimate of drug-likeness (QED) is 0.493. The fourth-order valence-electron chi connectivity index (χ4n) is 1.87. The predicted molar refractivity (Wildman–Crippen MR) is 37.4 cm³/mol. The minimum atomic E-state index is 0.759. The second kappa shape index (κ2) is 1.70. The molecule has 0 amide bonds. The van der Waals surface area contributed by atoms with Crippen LogP contribution in [0.4, 0.5) is 0 Å². The van der Waals surface area contributed by atoms with Gasteiger partial charge in [-0.05, 0) is 20.4 Å². The van der Waals surface area contributed by atoms with Gasteiger partial charge in [-0.2, -0.15) is 0 Å². The molecule has 0 aromatic heterocycles. The Kier molecular flexibility index (Phi) is 1.08. The van der Waals surface area contributed by atoms with Gasteiger partial charge in [-0.1, -0.05) is 0 Å². The average molecular weight is 126 g/mol. The first-order valence-electron chi connectivity index (χ1n) is 3.73. The first-order chi connectivity index (χ1) is 4.27. The van der Waals surface area contributed by atoms with Crippen molar-refractivity contribution in [3.63, 3.8) is 0 Å². The van der Waals surface area contributed by atoms with E-state index in [1.54, 1.807) is 0 Å². The maximum Gasteiger partial charge on any atom is 0.0239 e. The molecule has 1 N–H and O–H groups in total. The van der Waals surface area contributed by atoms with Crippen LogP contribution in [0.15, 0.2) is 0 Å². The summed E-state index contributed by atoms with van der Waals surface area (Å²) in [6.45, 7) is 3.55. The second-order valence-electron chi connectivity index (χ2n) is 3.39. The molecule has 0 radical (unpaired) electrons. The van der Waals surface area contributed by atoms with Crippen molar-refractivity contribution in [2.75, 3.05) is 13.6 Å². The Hall–Kier alpha value is -0.0800. The Balaban J connectivity index is 2.04. The van der Waals surface area contributed by atoms with Crippen LogP contribution in [0.2, 0.25) is 0 Å². The number of piperidine rings is 1. The van der Waals surface area contributed by atoms with E-state index in [2.05, 4.69) is 24.2 Å². The van der Waals surface area contributed by atoms with Crippen LogP contribution >= 0.6 is 0 Å². The molecule has 2 nitrogen and oxygen atoms in total. The summed E-state index contributed by atoms with van der Waals surface area (Å²) in [5.74, 6) is 0. The highest BCUT2D eigenvalue weighted by Crippen LogP contribution is 2.24. The Morgan fingerprint density at radius 1 is 1.56 bits per heavy atom. The molecule has 9 heavy (non-hydrogen) atoms. The van der Waals surface area contributed by atoms with Crippen molar-refractivity contribution in [1.29, 1.82) is 0 Å². The van der Waals surface area contributed by atoms with Crippen LogP contribution in [0.25, 0.3) is 0 Å². The lowest BCUT2D eigenvalue weighted by Crippen LogP contribution is -2.69. The molecule has 0 saturated carbocycles. The minimum absolute atomic E-state index is 0.759. The summed E-state index contributed by atoms with van der Waals surface area (Å²) in [6, 6.07) is 2.37. The first-order valence-corrected chi connectivity index (χ1v) is 3.73. The number of piperazine rings is 1. The molecule has 2 bridgehead atoms. The van der Waals surface area contributed by atoms with Crippen molar-refractivity contribution in [3.05, 3.63) is 0 Å². The zero-order chi connectivity index (χ0) is 6.43. The van der Waals surface area contributed by atoms with Crippen LogP contribution < -0.4 is 5.32 Å². The molecule has 0 spiro atoms. The molecule has 2 heteroatoms. The third-order valence-electron chi connectivity index (χ3n) is 2.77. The van der Waals surface area contributed by atoms with Gasteiger partial charge in [0.2, 0.25) is 0 Å². The molecule has 3 aliphatic rings. The van der Waals surface area contributed by atoms with Crippen molar-refractivity contribution >= 4 is 0 Å². The number of rotatable bonds is 0. The highest BCUT2D eigenvalue weighted by Gasteiger charge is 2.39. The summed E-state index contributed by atoms with van der Waals surface area (Å²) in [5.41, 5.74) is 0. The number of hydrogen-bond donors (Lipinski definition) is 1. The zero-order valence-corrected chi connectivity index (χ0v) is 6.09. The summed E-state index contributed by atoms with van der Waals surface area (Å²) in [7, 11) is 2.21. The van der Waals surface area contributed by atoms with Crippen LogP contribution in [-0.2, 0) is 0 Å². The van der Waals surface area contributed by atoms with Crippen LogP contribution in [0, 0.1) is 0 Å². The summed E-state index contributed by atoms with van der Waals surface area (Å²) in [5, 5.41) is 3.52. The van der Waals surface area contributed by atoms with E-state index in [0.717, 1.165) is 18.1 Å². The van der Waals surface area contributed by atoms with Gasteiger partial charge in [0.15, 0.2) is 0 Å². The van der Waals surface area contributed by atoms with Crippen LogP contribution in [0.1, 0.15) is 13.3 Å². The summed E-state index contributed by atoms with van der Waals surface area (Å²) in [4.78, 5) is 2.44. The van der Waals surface area contributed by atoms with E-state index in [1.807, 2.05) is 0 Å². The normalized spacial score (nSPS) is 50.7. The molecule has 0 aliphatic carbocycles. The topological polar surface area (TPSA) is 15.3 Å². The second-order valence-corrected chi connectivity index (χ2v) is 3.39. The van der Waals surface area contributed by atoms with E-state index in [1.165, 1.54) is 13.0 Å². The molecule has 3 saturated heterocycles. The number of hydrogen-bond acceptors (Lipinski definition) is 2. The Morgan fingerprint density at radius 2 is 2.22 bits per heavy atom. The van der Waals surface area contributed by atoms with Crippen LogP contribution in [-0.4, -0.2) is 36.6 Å². The lowest BCUT2D eigenvalue weighted by Gasteiger charge is -2.51. The van der Waals surface area contributed by atoms with E-state index in [9.17, 15) is 0 Å². The molecule has 52 valence electrons. The predicted octanol–water partition coefficient (Wildman–Crippen LogP) is 0.0508. The highest BCUT2D eigenvalue weighted by atomic mass is 15.3. The fraction of sp³-hybridized carbons (Fsp3) is 1.00. The Bertz CT molecular complexity index is 116. The molecule has 3 unspecified atom stereocenters. The third kappa shape index (κ3) is 0.700. The van der Waals surface area contributed by atoms with Gasteiger partial charge in [0.1, 0.15) is 0 Å².